The van der Waals surface area contributed by atoms with E-state index < -0.39 is 6.09 Å². The highest BCUT2D eigenvalue weighted by molar-refractivity contribution is 6.07. The molecule has 3 heterocycles. The van der Waals surface area contributed by atoms with Gasteiger partial charge < -0.3 is 25.6 Å². The minimum atomic E-state index is -1.06. The molecule has 40 heavy (non-hydrogen) atoms. The lowest BCUT2D eigenvalue weighted by Gasteiger charge is -2.20. The summed E-state index contributed by atoms with van der Waals surface area (Å²) in [7, 11) is 0. The summed E-state index contributed by atoms with van der Waals surface area (Å²) >= 11 is 0. The van der Waals surface area contributed by atoms with Crippen LogP contribution in [0.4, 0.5) is 10.6 Å². The average molecular weight is 536 g/mol. The molecule has 10 nitrogen and oxygen atoms in total. The Morgan fingerprint density at radius 3 is 2.45 bits per heavy atom. The molecule has 5 aromatic rings. The third-order valence-electron chi connectivity index (χ3n) is 6.57. The van der Waals surface area contributed by atoms with Crippen LogP contribution in [-0.2, 0) is 17.9 Å². The number of hydrogen-bond donors (Lipinski definition) is 3. The first-order valence-corrected chi connectivity index (χ1v) is 12.8. The van der Waals surface area contributed by atoms with Crippen LogP contribution >= 0.6 is 0 Å². The van der Waals surface area contributed by atoms with Gasteiger partial charge in [-0.05, 0) is 36.2 Å². The minimum Gasteiger partial charge on any atom is -0.465 e. The number of carboxylic acid groups (broad SMARTS) is 1. The fraction of sp³-hybridized carbons (Fsp3) is 0.167. The van der Waals surface area contributed by atoms with E-state index in [1.54, 1.807) is 13.1 Å². The van der Waals surface area contributed by atoms with Gasteiger partial charge in [0.1, 0.15) is 11.2 Å². The predicted octanol–water partition coefficient (Wildman–Crippen LogP) is 4.45. The summed E-state index contributed by atoms with van der Waals surface area (Å²) in [6.45, 7) is 6.24. The van der Waals surface area contributed by atoms with Crippen LogP contribution in [0.1, 0.15) is 18.1 Å². The highest BCUT2D eigenvalue weighted by Gasteiger charge is 2.19. The number of para-hydroxylation sites is 1. The largest absolute Gasteiger partial charge is 0.465 e. The lowest BCUT2D eigenvalue weighted by molar-refractivity contribution is -0.117. The van der Waals surface area contributed by atoms with Crippen molar-refractivity contribution in [2.75, 3.05) is 18.8 Å². The Morgan fingerprint density at radius 1 is 1.02 bits per heavy atom. The molecule has 0 aliphatic rings. The smallest absolute Gasteiger partial charge is 0.407 e. The summed E-state index contributed by atoms with van der Waals surface area (Å²) in [6, 6.07) is 21.3. The second-order valence-corrected chi connectivity index (χ2v) is 9.50. The summed E-state index contributed by atoms with van der Waals surface area (Å²) < 4.78 is 2.10. The van der Waals surface area contributed by atoms with Crippen molar-refractivity contribution in [1.82, 2.24) is 29.7 Å². The summed E-state index contributed by atoms with van der Waals surface area (Å²) in [4.78, 5) is 38.7. The molecule has 5 rings (SSSR count). The molecular formula is C30H29N7O3. The number of amides is 2. The molecule has 0 spiro atoms. The SMILES string of the molecule is C=C(C)C(=O)NCCN(Cc1ccc(Cn2c(-c3ccccn3)nc3c(N)nc4ccccc4c32)cc1)C(=O)O. The fourth-order valence-electron chi connectivity index (χ4n) is 4.55. The summed E-state index contributed by atoms with van der Waals surface area (Å²) in [5.41, 5.74) is 11.5. The van der Waals surface area contributed by atoms with Gasteiger partial charge in [0, 0.05) is 43.3 Å². The zero-order valence-electron chi connectivity index (χ0n) is 22.0. The van der Waals surface area contributed by atoms with Gasteiger partial charge in [-0.3, -0.25) is 9.78 Å². The second kappa shape index (κ2) is 11.2. The summed E-state index contributed by atoms with van der Waals surface area (Å²) in [5.74, 6) is 0.740. The zero-order valence-corrected chi connectivity index (χ0v) is 22.0. The molecule has 4 N–H and O–H groups in total. The van der Waals surface area contributed by atoms with Crippen LogP contribution in [0.2, 0.25) is 0 Å². The van der Waals surface area contributed by atoms with Crippen LogP contribution in [0.3, 0.4) is 0 Å². The van der Waals surface area contributed by atoms with Gasteiger partial charge in [-0.15, -0.1) is 0 Å². The fourth-order valence-corrected chi connectivity index (χ4v) is 4.55. The Labute approximate surface area is 230 Å². The number of nitrogens with two attached hydrogens (primary N) is 1. The van der Waals surface area contributed by atoms with Crippen LogP contribution in [0, 0.1) is 0 Å². The topological polar surface area (TPSA) is 139 Å². The molecule has 0 bridgehead atoms. The Morgan fingerprint density at radius 2 is 1.75 bits per heavy atom. The van der Waals surface area contributed by atoms with Crippen molar-refractivity contribution in [2.45, 2.75) is 20.0 Å². The Hall–Kier alpha value is -5.25. The van der Waals surface area contributed by atoms with Crippen molar-refractivity contribution < 1.29 is 14.7 Å². The number of aromatic nitrogens is 4. The van der Waals surface area contributed by atoms with Crippen molar-refractivity contribution in [3.8, 4) is 11.5 Å². The number of nitrogen functional groups attached to an aromatic ring is 1. The quantitative estimate of drug-likeness (QED) is 0.237. The van der Waals surface area contributed by atoms with Gasteiger partial charge in [0.15, 0.2) is 11.6 Å². The number of benzene rings is 2. The van der Waals surface area contributed by atoms with Gasteiger partial charge in [0.2, 0.25) is 5.91 Å². The predicted molar refractivity (Wildman–Crippen MR) is 154 cm³/mol. The van der Waals surface area contributed by atoms with Gasteiger partial charge in [-0.25, -0.2) is 14.8 Å². The standard InChI is InChI=1S/C30H29N7O3/c1-19(2)29(38)33-15-16-36(30(39)40)17-20-10-12-21(13-11-20)18-37-26-22-7-3-4-8-23(22)34-27(31)25(26)35-28(37)24-9-5-6-14-32-24/h3-14H,1,15-18H2,2H3,(H2,31,34)(H,33,38)(H,39,40). The molecule has 0 unspecified atom stereocenters. The maximum absolute atomic E-state index is 11.8. The highest BCUT2D eigenvalue weighted by atomic mass is 16.4. The lowest BCUT2D eigenvalue weighted by atomic mass is 10.1. The Bertz CT molecular complexity index is 1710. The van der Waals surface area contributed by atoms with Crippen LogP contribution in [0.15, 0.2) is 85.1 Å². The molecule has 0 aliphatic carbocycles. The average Bonchev–Trinajstić information content (AvgIpc) is 3.33. The van der Waals surface area contributed by atoms with Crippen molar-refractivity contribution in [3.05, 3.63) is 96.2 Å². The van der Waals surface area contributed by atoms with Crippen molar-refractivity contribution >= 4 is 39.8 Å². The molecule has 0 atom stereocenters. The molecule has 10 heteroatoms. The number of pyridine rings is 2. The van der Waals surface area contributed by atoms with Crippen molar-refractivity contribution in [3.63, 3.8) is 0 Å². The maximum Gasteiger partial charge on any atom is 0.407 e. The minimum absolute atomic E-state index is 0.160. The molecule has 0 fully saturated rings. The van der Waals surface area contributed by atoms with Gasteiger partial charge in [0.25, 0.3) is 0 Å². The summed E-state index contributed by atoms with van der Waals surface area (Å²) in [6.07, 6.45) is 0.669. The van der Waals surface area contributed by atoms with E-state index in [4.69, 9.17) is 10.7 Å². The molecule has 0 saturated heterocycles. The van der Waals surface area contributed by atoms with E-state index in [1.807, 2.05) is 66.7 Å². The number of hydrogen-bond acceptors (Lipinski definition) is 6. The molecule has 202 valence electrons. The van der Waals surface area contributed by atoms with E-state index in [-0.39, 0.29) is 25.5 Å². The molecule has 0 aliphatic heterocycles. The number of carbonyl (C=O) groups is 2. The second-order valence-electron chi connectivity index (χ2n) is 9.50. The molecular weight excluding hydrogens is 506 g/mol. The Balaban J connectivity index is 1.44. The number of carbonyl (C=O) groups excluding carboxylic acids is 1. The van der Waals surface area contributed by atoms with Gasteiger partial charge in [-0.1, -0.05) is 55.1 Å². The molecule has 2 aromatic carbocycles. The van der Waals surface area contributed by atoms with Crippen molar-refractivity contribution in [1.29, 1.82) is 0 Å². The van der Waals surface area contributed by atoms with E-state index in [0.717, 1.165) is 33.2 Å². The van der Waals surface area contributed by atoms with Crippen molar-refractivity contribution in [2.24, 2.45) is 0 Å². The zero-order chi connectivity index (χ0) is 28.2. The van der Waals surface area contributed by atoms with Gasteiger partial charge in [-0.2, -0.15) is 0 Å². The molecule has 0 saturated carbocycles. The van der Waals surface area contributed by atoms with Crippen LogP contribution in [0.25, 0.3) is 33.5 Å². The number of imidazole rings is 1. The monoisotopic (exact) mass is 535 g/mol. The highest BCUT2D eigenvalue weighted by Crippen LogP contribution is 2.32. The Kier molecular flexibility index (Phi) is 7.41. The van der Waals surface area contributed by atoms with E-state index in [1.165, 1.54) is 4.90 Å². The van der Waals surface area contributed by atoms with Gasteiger partial charge >= 0.3 is 6.09 Å². The lowest BCUT2D eigenvalue weighted by Crippen LogP contribution is -2.37. The number of nitrogens with zero attached hydrogens (tertiary/aromatic N) is 5. The van der Waals surface area contributed by atoms with Crippen LogP contribution in [-0.4, -0.2) is 54.6 Å². The number of rotatable bonds is 9. The van der Waals surface area contributed by atoms with E-state index in [9.17, 15) is 14.7 Å². The first-order chi connectivity index (χ1) is 19.3. The number of fused-ring (bicyclic) bond motifs is 3. The number of nitrogens with one attached hydrogen (secondary N) is 1. The van der Waals surface area contributed by atoms with Crippen LogP contribution in [0.5, 0.6) is 0 Å². The van der Waals surface area contributed by atoms with Gasteiger partial charge in [0.05, 0.1) is 11.0 Å². The van der Waals surface area contributed by atoms with E-state index in [0.29, 0.717) is 29.3 Å². The maximum atomic E-state index is 11.8. The first-order valence-electron chi connectivity index (χ1n) is 12.8. The van der Waals surface area contributed by atoms with E-state index in [2.05, 4.69) is 26.4 Å². The summed E-state index contributed by atoms with van der Waals surface area (Å²) in [5, 5.41) is 13.3. The third-order valence-corrected chi connectivity index (χ3v) is 6.57. The first kappa shape index (κ1) is 26.4. The molecule has 3 aromatic heterocycles. The van der Waals surface area contributed by atoms with E-state index >= 15 is 0 Å². The molecule has 0 radical (unpaired) electrons. The normalized spacial score (nSPS) is 11.0. The number of anilines is 1. The van der Waals surface area contributed by atoms with Crippen LogP contribution < -0.4 is 11.1 Å². The molecule has 2 amide bonds. The third kappa shape index (κ3) is 5.46.